The van der Waals surface area contributed by atoms with Gasteiger partial charge in [-0.25, -0.2) is 8.78 Å². The Kier molecular flexibility index (Phi) is 8.19. The second kappa shape index (κ2) is 8.35. The van der Waals surface area contributed by atoms with Crippen molar-refractivity contribution in [1.82, 2.24) is 0 Å². The molecule has 0 aromatic carbocycles. The van der Waals surface area contributed by atoms with E-state index in [0.29, 0.717) is 12.8 Å². The topological polar surface area (TPSA) is 20.2 Å². The fourth-order valence-corrected chi connectivity index (χ4v) is 1.10. The van der Waals surface area contributed by atoms with Gasteiger partial charge in [-0.1, -0.05) is 25.7 Å². The number of aliphatic hydroxyl groups is 1. The maximum atomic E-state index is 12.4. The van der Waals surface area contributed by atoms with Crippen LogP contribution in [0.25, 0.3) is 0 Å². The van der Waals surface area contributed by atoms with E-state index in [0.717, 1.165) is 19.3 Å². The van der Waals surface area contributed by atoms with Crippen LogP contribution >= 0.6 is 0 Å². The van der Waals surface area contributed by atoms with Gasteiger partial charge in [0.1, 0.15) is 0 Å². The molecule has 0 aliphatic rings. The van der Waals surface area contributed by atoms with E-state index in [9.17, 15) is 13.2 Å². The van der Waals surface area contributed by atoms with E-state index >= 15 is 0 Å². The molecule has 13 heavy (non-hydrogen) atoms. The van der Waals surface area contributed by atoms with Crippen LogP contribution in [0.15, 0.2) is 0 Å². The zero-order chi connectivity index (χ0) is 10.1. The Morgan fingerprint density at radius 1 is 0.923 bits per heavy atom. The van der Waals surface area contributed by atoms with Gasteiger partial charge in [-0.3, -0.25) is 4.39 Å². The van der Waals surface area contributed by atoms with Crippen molar-refractivity contribution >= 4 is 0 Å². The minimum absolute atomic E-state index is 0.0489. The Balaban J connectivity index is 3.07. The van der Waals surface area contributed by atoms with Gasteiger partial charge in [0.25, 0.3) is 0 Å². The molecule has 0 saturated carbocycles. The summed E-state index contributed by atoms with van der Waals surface area (Å²) < 4.78 is 35.9. The molecule has 0 radical (unpaired) electrons. The first-order chi connectivity index (χ1) is 6.18. The number of unbranched alkanes of at least 4 members (excludes halogenated alkanes) is 4. The van der Waals surface area contributed by atoms with E-state index in [1.807, 2.05) is 0 Å². The molecule has 0 amide bonds. The van der Waals surface area contributed by atoms with E-state index in [4.69, 9.17) is 5.11 Å². The average molecular weight is 198 g/mol. The summed E-state index contributed by atoms with van der Waals surface area (Å²) in [4.78, 5) is 0. The van der Waals surface area contributed by atoms with E-state index in [1.165, 1.54) is 0 Å². The summed E-state index contributed by atoms with van der Waals surface area (Å²) in [6.45, 7) is -0.311. The Labute approximate surface area is 76.9 Å². The van der Waals surface area contributed by atoms with Crippen LogP contribution in [0.1, 0.15) is 38.5 Å². The lowest BCUT2D eigenvalue weighted by Gasteiger charge is -2.07. The van der Waals surface area contributed by atoms with Gasteiger partial charge in [-0.2, -0.15) is 0 Å². The molecule has 0 heterocycles. The third kappa shape index (κ3) is 8.09. The van der Waals surface area contributed by atoms with Crippen molar-refractivity contribution in [1.29, 1.82) is 0 Å². The third-order valence-electron chi connectivity index (χ3n) is 1.91. The fourth-order valence-electron chi connectivity index (χ4n) is 1.10. The molecular weight excluding hydrogens is 181 g/mol. The number of rotatable bonds is 8. The highest BCUT2D eigenvalue weighted by Gasteiger charge is 2.15. The third-order valence-corrected chi connectivity index (χ3v) is 1.91. The molecule has 80 valence electrons. The molecule has 1 N–H and O–H groups in total. The number of aliphatic hydroxyl groups excluding tert-OH is 1. The van der Waals surface area contributed by atoms with Crippen LogP contribution < -0.4 is 0 Å². The predicted octanol–water partition coefficient (Wildman–Crippen LogP) is 2.92. The molecule has 0 bridgehead atoms. The van der Waals surface area contributed by atoms with E-state index in [1.54, 1.807) is 0 Å². The summed E-state index contributed by atoms with van der Waals surface area (Å²) in [6.07, 6.45) is -0.559. The smallest absolute Gasteiger partial charge is 0.227 e. The van der Waals surface area contributed by atoms with Gasteiger partial charge < -0.3 is 5.11 Å². The molecule has 0 saturated heterocycles. The van der Waals surface area contributed by atoms with Gasteiger partial charge >= 0.3 is 0 Å². The summed E-state index contributed by atoms with van der Waals surface area (Å²) in [6, 6.07) is 0. The van der Waals surface area contributed by atoms with E-state index in [2.05, 4.69) is 0 Å². The summed E-state index contributed by atoms with van der Waals surface area (Å²) in [5, 5.41) is 8.17. The molecule has 1 nitrogen and oxygen atoms in total. The number of hydrogen-bond acceptors (Lipinski definition) is 1. The first-order valence-corrected chi connectivity index (χ1v) is 4.70. The molecule has 0 aromatic heterocycles. The quantitative estimate of drug-likeness (QED) is 0.594. The highest BCUT2D eigenvalue weighted by Crippen LogP contribution is 2.12. The molecule has 2 unspecified atom stereocenters. The van der Waals surface area contributed by atoms with Crippen molar-refractivity contribution in [3.05, 3.63) is 0 Å². The minimum Gasteiger partial charge on any atom is -0.362 e. The van der Waals surface area contributed by atoms with Crippen LogP contribution in [0.4, 0.5) is 13.2 Å². The molecule has 0 aliphatic carbocycles. The standard InChI is InChI=1S/C9H17F3O/c10-7-5-3-1-2-4-6-8(11)9(12)13/h8-9,13H,1-7H2. The molecular formula is C9H17F3O. The monoisotopic (exact) mass is 198 g/mol. The first-order valence-electron chi connectivity index (χ1n) is 4.70. The number of halogens is 3. The van der Waals surface area contributed by atoms with Crippen LogP contribution in [-0.2, 0) is 0 Å². The van der Waals surface area contributed by atoms with E-state index < -0.39 is 12.5 Å². The normalized spacial score (nSPS) is 15.7. The van der Waals surface area contributed by atoms with Gasteiger partial charge in [-0.15, -0.1) is 0 Å². The second-order valence-corrected chi connectivity index (χ2v) is 3.13. The van der Waals surface area contributed by atoms with E-state index in [-0.39, 0.29) is 13.1 Å². The first kappa shape index (κ1) is 12.8. The van der Waals surface area contributed by atoms with Crippen LogP contribution in [0.5, 0.6) is 0 Å². The predicted molar refractivity (Wildman–Crippen MR) is 45.7 cm³/mol. The van der Waals surface area contributed by atoms with Crippen molar-refractivity contribution < 1.29 is 18.3 Å². The molecule has 0 aromatic rings. The van der Waals surface area contributed by atoms with Gasteiger partial charge in [0.2, 0.25) is 6.36 Å². The van der Waals surface area contributed by atoms with Crippen LogP contribution in [0.3, 0.4) is 0 Å². The minimum atomic E-state index is -2.36. The molecule has 0 aliphatic heterocycles. The van der Waals surface area contributed by atoms with Gasteiger partial charge in [0, 0.05) is 0 Å². The number of hydrogen-bond donors (Lipinski definition) is 1. The Hall–Kier alpha value is -0.250. The highest BCUT2D eigenvalue weighted by atomic mass is 19.2. The molecule has 4 heteroatoms. The Morgan fingerprint density at radius 3 is 2.00 bits per heavy atom. The largest absolute Gasteiger partial charge is 0.362 e. The average Bonchev–Trinajstić information content (AvgIpc) is 2.10. The molecule has 0 fully saturated rings. The van der Waals surface area contributed by atoms with Crippen molar-refractivity contribution in [3.63, 3.8) is 0 Å². The lowest BCUT2D eigenvalue weighted by Crippen LogP contribution is -2.15. The van der Waals surface area contributed by atoms with Crippen LogP contribution in [0, 0.1) is 0 Å². The Bertz CT molecular complexity index is 109. The van der Waals surface area contributed by atoms with Gasteiger partial charge in [0.05, 0.1) is 6.67 Å². The van der Waals surface area contributed by atoms with Crippen molar-refractivity contribution in [2.45, 2.75) is 51.1 Å². The zero-order valence-corrected chi connectivity index (χ0v) is 7.69. The van der Waals surface area contributed by atoms with Crippen LogP contribution in [-0.4, -0.2) is 24.3 Å². The maximum Gasteiger partial charge on any atom is 0.227 e. The van der Waals surface area contributed by atoms with Crippen LogP contribution in [0.2, 0.25) is 0 Å². The SMILES string of the molecule is OC(F)C(F)CCCCCCCF. The van der Waals surface area contributed by atoms with Gasteiger partial charge in [-0.05, 0) is 12.8 Å². The maximum absolute atomic E-state index is 12.4. The van der Waals surface area contributed by atoms with Gasteiger partial charge in [0.15, 0.2) is 6.17 Å². The number of alkyl halides is 3. The molecule has 2 atom stereocenters. The summed E-state index contributed by atoms with van der Waals surface area (Å²) in [5.41, 5.74) is 0. The fraction of sp³-hybridized carbons (Fsp3) is 1.00. The Morgan fingerprint density at radius 2 is 1.46 bits per heavy atom. The molecule has 0 rings (SSSR count). The van der Waals surface area contributed by atoms with Crippen molar-refractivity contribution in [3.8, 4) is 0 Å². The van der Waals surface area contributed by atoms with Crippen molar-refractivity contribution in [2.24, 2.45) is 0 Å². The summed E-state index contributed by atoms with van der Waals surface area (Å²) in [5.74, 6) is 0. The lowest BCUT2D eigenvalue weighted by atomic mass is 10.1. The lowest BCUT2D eigenvalue weighted by molar-refractivity contribution is -0.0308. The summed E-state index contributed by atoms with van der Waals surface area (Å²) in [7, 11) is 0. The highest BCUT2D eigenvalue weighted by molar-refractivity contribution is 4.57. The second-order valence-electron chi connectivity index (χ2n) is 3.13. The zero-order valence-electron chi connectivity index (χ0n) is 7.69. The van der Waals surface area contributed by atoms with Crippen molar-refractivity contribution in [2.75, 3.05) is 6.67 Å². The summed E-state index contributed by atoms with van der Waals surface area (Å²) >= 11 is 0. The molecule has 0 spiro atoms.